The number of benzene rings is 2. The maximum atomic E-state index is 12.3. The molecular formula is C20H18ClN5O4S. The first kappa shape index (κ1) is 22.3. The molecule has 160 valence electrons. The van der Waals surface area contributed by atoms with Crippen LogP contribution >= 0.6 is 23.4 Å². The molecule has 1 amide bonds. The standard InChI is InChI=1S/C20H18ClN5O4S/c1-2-11-25-18(12-30-17-10-6-3-7-14(17)21)23-24-20(25)31-13-19(27)22-15-8-4-5-9-16(15)26(28)29/h2-10H,1,11-13H2,(H,22,27). The number of para-hydroxylation sites is 3. The number of ether oxygens (including phenoxy) is 1. The number of nitrogens with zero attached hydrogens (tertiary/aromatic N) is 4. The Morgan fingerprint density at radius 1 is 1.26 bits per heavy atom. The number of anilines is 1. The summed E-state index contributed by atoms with van der Waals surface area (Å²) in [4.78, 5) is 22.9. The first-order valence-corrected chi connectivity index (χ1v) is 10.4. The van der Waals surface area contributed by atoms with Crippen molar-refractivity contribution in [1.82, 2.24) is 14.8 Å². The van der Waals surface area contributed by atoms with Crippen LogP contribution in [0.25, 0.3) is 0 Å². The van der Waals surface area contributed by atoms with E-state index < -0.39 is 10.8 Å². The molecule has 0 saturated carbocycles. The lowest BCUT2D eigenvalue weighted by Gasteiger charge is -2.10. The fraction of sp³-hybridized carbons (Fsp3) is 0.150. The number of aromatic nitrogens is 3. The van der Waals surface area contributed by atoms with Crippen molar-refractivity contribution in [2.75, 3.05) is 11.1 Å². The highest BCUT2D eigenvalue weighted by Gasteiger charge is 2.17. The number of rotatable bonds is 10. The molecule has 9 nitrogen and oxygen atoms in total. The van der Waals surface area contributed by atoms with Gasteiger partial charge in [0.2, 0.25) is 5.91 Å². The molecule has 2 aromatic carbocycles. The number of hydrogen-bond donors (Lipinski definition) is 1. The minimum Gasteiger partial charge on any atom is -0.484 e. The van der Waals surface area contributed by atoms with Crippen LogP contribution in [-0.4, -0.2) is 31.3 Å². The van der Waals surface area contributed by atoms with Gasteiger partial charge >= 0.3 is 0 Å². The van der Waals surface area contributed by atoms with E-state index in [1.807, 2.05) is 6.07 Å². The molecule has 1 N–H and O–H groups in total. The summed E-state index contributed by atoms with van der Waals surface area (Å²) in [6.07, 6.45) is 1.68. The Balaban J connectivity index is 1.65. The molecule has 0 unspecified atom stereocenters. The second kappa shape index (κ2) is 10.6. The third kappa shape index (κ3) is 5.83. The molecule has 0 radical (unpaired) electrons. The Kier molecular flexibility index (Phi) is 7.63. The van der Waals surface area contributed by atoms with Crippen LogP contribution in [0.15, 0.2) is 66.3 Å². The quantitative estimate of drug-likeness (QED) is 0.208. The Labute approximate surface area is 187 Å². The van der Waals surface area contributed by atoms with Gasteiger partial charge in [0.1, 0.15) is 18.0 Å². The van der Waals surface area contributed by atoms with Crippen LogP contribution in [0.5, 0.6) is 5.75 Å². The summed E-state index contributed by atoms with van der Waals surface area (Å²) >= 11 is 7.26. The van der Waals surface area contributed by atoms with Crippen LogP contribution in [0.1, 0.15) is 5.82 Å². The number of nitro groups is 1. The molecule has 1 aromatic heterocycles. The zero-order valence-corrected chi connectivity index (χ0v) is 17.8. The van der Waals surface area contributed by atoms with E-state index in [-0.39, 0.29) is 23.7 Å². The summed E-state index contributed by atoms with van der Waals surface area (Å²) in [5.74, 6) is 0.658. The van der Waals surface area contributed by atoms with E-state index in [0.29, 0.717) is 28.3 Å². The number of carbonyl (C=O) groups excluding carboxylic acids is 1. The van der Waals surface area contributed by atoms with Gasteiger partial charge < -0.3 is 10.1 Å². The van der Waals surface area contributed by atoms with Crippen molar-refractivity contribution in [3.63, 3.8) is 0 Å². The average Bonchev–Trinajstić information content (AvgIpc) is 3.14. The molecule has 0 atom stereocenters. The first-order chi connectivity index (χ1) is 15.0. The predicted octanol–water partition coefficient (Wildman–Crippen LogP) is 4.34. The van der Waals surface area contributed by atoms with Gasteiger partial charge in [-0.2, -0.15) is 0 Å². The molecule has 1 heterocycles. The van der Waals surface area contributed by atoms with Crippen LogP contribution < -0.4 is 10.1 Å². The van der Waals surface area contributed by atoms with E-state index in [9.17, 15) is 14.9 Å². The fourth-order valence-electron chi connectivity index (χ4n) is 2.60. The van der Waals surface area contributed by atoms with E-state index >= 15 is 0 Å². The van der Waals surface area contributed by atoms with Crippen molar-refractivity contribution in [2.45, 2.75) is 18.3 Å². The van der Waals surface area contributed by atoms with Gasteiger partial charge in [-0.1, -0.05) is 53.7 Å². The topological polar surface area (TPSA) is 112 Å². The molecule has 0 bridgehead atoms. The zero-order chi connectivity index (χ0) is 22.2. The molecule has 3 aromatic rings. The lowest BCUT2D eigenvalue weighted by atomic mass is 10.2. The predicted molar refractivity (Wildman–Crippen MR) is 118 cm³/mol. The third-order valence-electron chi connectivity index (χ3n) is 4.01. The number of nitrogens with one attached hydrogen (secondary N) is 1. The molecule has 0 aliphatic carbocycles. The normalized spacial score (nSPS) is 10.5. The van der Waals surface area contributed by atoms with Gasteiger partial charge in [0.15, 0.2) is 11.0 Å². The van der Waals surface area contributed by atoms with Crippen molar-refractivity contribution in [2.24, 2.45) is 0 Å². The van der Waals surface area contributed by atoms with Crippen LogP contribution in [0.3, 0.4) is 0 Å². The monoisotopic (exact) mass is 459 g/mol. The van der Waals surface area contributed by atoms with Crippen molar-refractivity contribution in [1.29, 1.82) is 0 Å². The van der Waals surface area contributed by atoms with E-state index in [0.717, 1.165) is 11.8 Å². The maximum absolute atomic E-state index is 12.3. The zero-order valence-electron chi connectivity index (χ0n) is 16.2. The Morgan fingerprint density at radius 2 is 2.00 bits per heavy atom. The van der Waals surface area contributed by atoms with Crippen molar-refractivity contribution < 1.29 is 14.5 Å². The van der Waals surface area contributed by atoms with Gasteiger partial charge in [-0.05, 0) is 18.2 Å². The molecule has 11 heteroatoms. The Morgan fingerprint density at radius 3 is 2.74 bits per heavy atom. The Hall–Kier alpha value is -3.37. The molecule has 0 aliphatic heterocycles. The van der Waals surface area contributed by atoms with E-state index in [2.05, 4.69) is 22.1 Å². The van der Waals surface area contributed by atoms with Crippen molar-refractivity contribution >= 4 is 40.6 Å². The lowest BCUT2D eigenvalue weighted by Crippen LogP contribution is -2.16. The minimum atomic E-state index is -0.547. The molecule has 0 saturated heterocycles. The molecule has 3 rings (SSSR count). The summed E-state index contributed by atoms with van der Waals surface area (Å²) in [5.41, 5.74) is -0.0332. The van der Waals surface area contributed by atoms with Crippen LogP contribution in [0, 0.1) is 10.1 Å². The number of carbonyl (C=O) groups is 1. The number of thioether (sulfide) groups is 1. The van der Waals surface area contributed by atoms with E-state index in [1.54, 1.807) is 34.9 Å². The molecular weight excluding hydrogens is 442 g/mol. The number of hydrogen-bond acceptors (Lipinski definition) is 7. The summed E-state index contributed by atoms with van der Waals surface area (Å²) in [6.45, 7) is 4.29. The molecule has 0 spiro atoms. The number of halogens is 1. The van der Waals surface area contributed by atoms with Crippen molar-refractivity contribution in [3.8, 4) is 5.75 Å². The summed E-state index contributed by atoms with van der Waals surface area (Å²) < 4.78 is 7.49. The van der Waals surface area contributed by atoms with Crippen LogP contribution in [0.4, 0.5) is 11.4 Å². The smallest absolute Gasteiger partial charge is 0.292 e. The maximum Gasteiger partial charge on any atom is 0.292 e. The molecule has 31 heavy (non-hydrogen) atoms. The van der Waals surface area contributed by atoms with Crippen molar-refractivity contribution in [3.05, 3.63) is 82.1 Å². The number of amides is 1. The molecule has 0 fully saturated rings. The average molecular weight is 460 g/mol. The van der Waals surface area contributed by atoms with Gasteiger partial charge in [-0.15, -0.1) is 16.8 Å². The van der Waals surface area contributed by atoms with Gasteiger partial charge in [0.25, 0.3) is 5.69 Å². The summed E-state index contributed by atoms with van der Waals surface area (Å²) in [6, 6.07) is 13.0. The van der Waals surface area contributed by atoms with Gasteiger partial charge in [-0.3, -0.25) is 19.5 Å². The number of allylic oxidation sites excluding steroid dienone is 1. The Bertz CT molecular complexity index is 1100. The largest absolute Gasteiger partial charge is 0.484 e. The van der Waals surface area contributed by atoms with E-state index in [1.165, 1.54) is 18.2 Å². The fourth-order valence-corrected chi connectivity index (χ4v) is 3.56. The lowest BCUT2D eigenvalue weighted by molar-refractivity contribution is -0.383. The highest BCUT2D eigenvalue weighted by Crippen LogP contribution is 2.26. The van der Waals surface area contributed by atoms with Gasteiger partial charge in [0.05, 0.1) is 15.7 Å². The SMILES string of the molecule is C=CCn1c(COc2ccccc2Cl)nnc1SCC(=O)Nc1ccccc1[N+](=O)[O-]. The third-order valence-corrected chi connectivity index (χ3v) is 5.28. The summed E-state index contributed by atoms with van der Waals surface area (Å²) in [5, 5.41) is 22.9. The summed E-state index contributed by atoms with van der Waals surface area (Å²) in [7, 11) is 0. The molecule has 0 aliphatic rings. The van der Waals surface area contributed by atoms with E-state index in [4.69, 9.17) is 16.3 Å². The minimum absolute atomic E-state index is 0.00725. The number of nitro benzene ring substituents is 1. The second-order valence-electron chi connectivity index (χ2n) is 6.13. The van der Waals surface area contributed by atoms with Crippen LogP contribution in [0.2, 0.25) is 5.02 Å². The van der Waals surface area contributed by atoms with Gasteiger partial charge in [-0.25, -0.2) is 0 Å². The van der Waals surface area contributed by atoms with Gasteiger partial charge in [0, 0.05) is 12.6 Å². The highest BCUT2D eigenvalue weighted by atomic mass is 35.5. The van der Waals surface area contributed by atoms with Crippen LogP contribution in [-0.2, 0) is 17.9 Å². The second-order valence-corrected chi connectivity index (χ2v) is 7.48. The highest BCUT2D eigenvalue weighted by molar-refractivity contribution is 7.99. The first-order valence-electron chi connectivity index (χ1n) is 9.06.